The van der Waals surface area contributed by atoms with Crippen molar-refractivity contribution in [2.24, 2.45) is 23.2 Å². The molecule has 0 aromatic heterocycles. The third-order valence-electron chi connectivity index (χ3n) is 5.42. The van der Waals surface area contributed by atoms with Gasteiger partial charge in [-0.3, -0.25) is 4.79 Å². The van der Waals surface area contributed by atoms with Crippen LogP contribution in [0.15, 0.2) is 12.2 Å². The molecule has 0 bridgehead atoms. The normalized spacial score (nSPS) is 40.4. The van der Waals surface area contributed by atoms with Crippen molar-refractivity contribution < 1.29 is 4.79 Å². The molecule has 2 saturated carbocycles. The minimum atomic E-state index is 0.300. The van der Waals surface area contributed by atoms with Crippen LogP contribution in [0, 0.1) is 23.2 Å². The molecule has 0 spiro atoms. The van der Waals surface area contributed by atoms with Gasteiger partial charge < -0.3 is 5.32 Å². The monoisotopic (exact) mass is 249 g/mol. The molecule has 4 atom stereocenters. The Bertz CT molecular complexity index is 336. The Morgan fingerprint density at radius 1 is 1.44 bits per heavy atom. The van der Waals surface area contributed by atoms with E-state index in [-0.39, 0.29) is 0 Å². The van der Waals surface area contributed by atoms with Crippen LogP contribution in [0.4, 0.5) is 0 Å². The van der Waals surface area contributed by atoms with Crippen LogP contribution in [-0.2, 0) is 4.79 Å². The maximum Gasteiger partial charge on any atom is 0.207 e. The van der Waals surface area contributed by atoms with Crippen LogP contribution in [0.2, 0.25) is 0 Å². The smallest absolute Gasteiger partial charge is 0.207 e. The summed E-state index contributed by atoms with van der Waals surface area (Å²) in [4.78, 5) is 11.0. The molecule has 18 heavy (non-hydrogen) atoms. The van der Waals surface area contributed by atoms with E-state index in [0.717, 1.165) is 12.8 Å². The van der Waals surface area contributed by atoms with Crippen molar-refractivity contribution >= 4 is 6.41 Å². The number of amides is 1. The third kappa shape index (κ3) is 2.22. The molecule has 0 aliphatic heterocycles. The predicted octanol–water partition coefficient (Wildman–Crippen LogP) is 3.53. The number of fused-ring (bicyclic) bond motifs is 1. The van der Waals surface area contributed by atoms with Crippen LogP contribution in [0.25, 0.3) is 0 Å². The molecule has 2 heteroatoms. The van der Waals surface area contributed by atoms with Crippen LogP contribution in [0.1, 0.15) is 52.9 Å². The lowest BCUT2D eigenvalue weighted by Crippen LogP contribution is -2.55. The van der Waals surface area contributed by atoms with Crippen LogP contribution >= 0.6 is 0 Å². The second-order valence-corrected chi connectivity index (χ2v) is 6.90. The van der Waals surface area contributed by atoms with Gasteiger partial charge in [0.05, 0.1) is 0 Å². The number of nitrogens with one attached hydrogen (secondary N) is 1. The van der Waals surface area contributed by atoms with Crippen molar-refractivity contribution in [3.63, 3.8) is 0 Å². The molecule has 102 valence electrons. The standard InChI is InChI=1S/C16H27NO/c1-11(2)13-7-9-16(4)8-5-6-12(3)14(16)15(13)17-10-18/h10-11,13-15H,3,5-9H2,1-2,4H3,(H,17,18)/t13-,14-,15+,16-/m1/s1. The maximum atomic E-state index is 11.0. The van der Waals surface area contributed by atoms with Crippen LogP contribution in [0.5, 0.6) is 0 Å². The highest BCUT2D eigenvalue weighted by atomic mass is 16.1. The average molecular weight is 249 g/mol. The van der Waals surface area contributed by atoms with Crippen molar-refractivity contribution in [2.45, 2.75) is 58.9 Å². The molecule has 0 unspecified atom stereocenters. The Morgan fingerprint density at radius 2 is 2.17 bits per heavy atom. The van der Waals surface area contributed by atoms with Gasteiger partial charge in [-0.15, -0.1) is 0 Å². The topological polar surface area (TPSA) is 29.1 Å². The van der Waals surface area contributed by atoms with Crippen molar-refractivity contribution in [2.75, 3.05) is 0 Å². The maximum absolute atomic E-state index is 11.0. The number of hydrogen-bond donors (Lipinski definition) is 1. The Morgan fingerprint density at radius 3 is 2.78 bits per heavy atom. The predicted molar refractivity (Wildman–Crippen MR) is 75.1 cm³/mol. The number of carbonyl (C=O) groups is 1. The molecular formula is C16H27NO. The zero-order valence-electron chi connectivity index (χ0n) is 12.0. The van der Waals surface area contributed by atoms with Crippen molar-refractivity contribution in [1.29, 1.82) is 0 Å². The van der Waals surface area contributed by atoms with Gasteiger partial charge in [0.25, 0.3) is 0 Å². The van der Waals surface area contributed by atoms with Crippen molar-refractivity contribution in [1.82, 2.24) is 5.32 Å². The summed E-state index contributed by atoms with van der Waals surface area (Å²) in [7, 11) is 0. The molecular weight excluding hydrogens is 222 g/mol. The first-order chi connectivity index (χ1) is 8.49. The summed E-state index contributed by atoms with van der Waals surface area (Å²) in [5.41, 5.74) is 1.73. The number of carbonyl (C=O) groups excluding carboxylic acids is 1. The molecule has 0 aromatic rings. The van der Waals surface area contributed by atoms with E-state index in [1.807, 2.05) is 0 Å². The highest BCUT2D eigenvalue weighted by Gasteiger charge is 2.49. The second kappa shape index (κ2) is 5.07. The summed E-state index contributed by atoms with van der Waals surface area (Å²) < 4.78 is 0. The van der Waals surface area contributed by atoms with Gasteiger partial charge >= 0.3 is 0 Å². The van der Waals surface area contributed by atoms with Crippen LogP contribution in [0.3, 0.4) is 0 Å². The first-order valence-corrected chi connectivity index (χ1v) is 7.37. The lowest BCUT2D eigenvalue weighted by molar-refractivity contribution is -0.112. The SMILES string of the molecule is C=C1CCC[C@]2(C)CC[C@H](C(C)C)[C@H](NC=O)[C@@H]12. The van der Waals surface area contributed by atoms with E-state index >= 15 is 0 Å². The van der Waals surface area contributed by atoms with Gasteiger partial charge in [0.15, 0.2) is 0 Å². The summed E-state index contributed by atoms with van der Waals surface area (Å²) in [6.07, 6.45) is 7.13. The first-order valence-electron chi connectivity index (χ1n) is 7.37. The zero-order valence-corrected chi connectivity index (χ0v) is 12.0. The van der Waals surface area contributed by atoms with Gasteiger partial charge in [0.2, 0.25) is 6.41 Å². The summed E-state index contributed by atoms with van der Waals surface area (Å²) in [5.74, 6) is 1.71. The third-order valence-corrected chi connectivity index (χ3v) is 5.42. The van der Waals surface area contributed by atoms with Gasteiger partial charge in [0.1, 0.15) is 0 Å². The van der Waals surface area contributed by atoms with Gasteiger partial charge in [-0.2, -0.15) is 0 Å². The van der Waals surface area contributed by atoms with Crippen LogP contribution < -0.4 is 5.32 Å². The Balaban J connectivity index is 2.30. The van der Waals surface area contributed by atoms with E-state index in [1.165, 1.54) is 31.3 Å². The van der Waals surface area contributed by atoms with E-state index in [9.17, 15) is 4.79 Å². The van der Waals surface area contributed by atoms with Crippen molar-refractivity contribution in [3.8, 4) is 0 Å². The zero-order chi connectivity index (χ0) is 13.3. The lowest BCUT2D eigenvalue weighted by Gasteiger charge is -2.54. The fourth-order valence-corrected chi connectivity index (χ4v) is 4.46. The molecule has 0 heterocycles. The molecule has 1 N–H and O–H groups in total. The molecule has 0 radical (unpaired) electrons. The summed E-state index contributed by atoms with van der Waals surface area (Å²) >= 11 is 0. The van der Waals surface area contributed by atoms with Gasteiger partial charge in [-0.05, 0) is 49.4 Å². The summed E-state index contributed by atoms with van der Waals surface area (Å²) in [6, 6.07) is 0.300. The largest absolute Gasteiger partial charge is 0.355 e. The molecule has 2 nitrogen and oxygen atoms in total. The molecule has 0 aromatic carbocycles. The molecule has 0 saturated heterocycles. The molecule has 2 rings (SSSR count). The lowest BCUT2D eigenvalue weighted by atomic mass is 9.53. The molecule has 2 aliphatic carbocycles. The van der Waals surface area contributed by atoms with E-state index in [2.05, 4.69) is 32.7 Å². The van der Waals surface area contributed by atoms with Gasteiger partial charge in [-0.25, -0.2) is 0 Å². The quantitative estimate of drug-likeness (QED) is 0.601. The Labute approximate surface area is 111 Å². The highest BCUT2D eigenvalue weighted by molar-refractivity contribution is 5.47. The van der Waals surface area contributed by atoms with Crippen LogP contribution in [-0.4, -0.2) is 12.5 Å². The van der Waals surface area contributed by atoms with E-state index in [1.54, 1.807) is 0 Å². The van der Waals surface area contributed by atoms with Crippen molar-refractivity contribution in [3.05, 3.63) is 12.2 Å². The minimum absolute atomic E-state index is 0.300. The van der Waals surface area contributed by atoms with E-state index < -0.39 is 0 Å². The summed E-state index contributed by atoms with van der Waals surface area (Å²) in [5, 5.41) is 3.13. The molecule has 2 aliphatic rings. The van der Waals surface area contributed by atoms with E-state index in [4.69, 9.17) is 0 Å². The first kappa shape index (κ1) is 13.6. The number of hydrogen-bond acceptors (Lipinski definition) is 1. The van der Waals surface area contributed by atoms with E-state index in [0.29, 0.717) is 29.2 Å². The second-order valence-electron chi connectivity index (χ2n) is 6.90. The minimum Gasteiger partial charge on any atom is -0.355 e. The fraction of sp³-hybridized carbons (Fsp3) is 0.812. The number of rotatable bonds is 3. The molecule has 2 fully saturated rings. The highest BCUT2D eigenvalue weighted by Crippen LogP contribution is 2.54. The Hall–Kier alpha value is -0.790. The Kier molecular flexibility index (Phi) is 3.84. The van der Waals surface area contributed by atoms with Gasteiger partial charge in [0, 0.05) is 12.0 Å². The molecule has 1 amide bonds. The summed E-state index contributed by atoms with van der Waals surface area (Å²) in [6.45, 7) is 11.3. The fourth-order valence-electron chi connectivity index (χ4n) is 4.46. The average Bonchev–Trinajstić information content (AvgIpc) is 2.28. The van der Waals surface area contributed by atoms with Gasteiger partial charge in [-0.1, -0.05) is 32.9 Å².